The van der Waals surface area contributed by atoms with Gasteiger partial charge >= 0.3 is 0 Å². The van der Waals surface area contributed by atoms with Crippen molar-refractivity contribution in [2.24, 2.45) is 0 Å². The molecule has 0 atom stereocenters. The second-order valence-electron chi connectivity index (χ2n) is 5.85. The van der Waals surface area contributed by atoms with Crippen LogP contribution in [0.5, 0.6) is 0 Å². The average molecular weight is 380 g/mol. The number of nitrogens with zero attached hydrogens (tertiary/aromatic N) is 6. The molecule has 0 spiro atoms. The Morgan fingerprint density at radius 2 is 1.74 bits per heavy atom. The predicted octanol–water partition coefficient (Wildman–Crippen LogP) is 3.54. The van der Waals surface area contributed by atoms with E-state index in [1.54, 1.807) is 12.4 Å². The van der Waals surface area contributed by atoms with Crippen molar-refractivity contribution in [3.8, 4) is 22.8 Å². The van der Waals surface area contributed by atoms with Crippen molar-refractivity contribution in [1.82, 2.24) is 25.3 Å². The van der Waals surface area contributed by atoms with E-state index in [-0.39, 0.29) is 0 Å². The number of hydrogen-bond donors (Lipinski definition) is 0. The molecule has 4 aromatic rings. The molecule has 0 unspecified atom stereocenters. The Morgan fingerprint density at radius 1 is 0.963 bits per heavy atom. The van der Waals surface area contributed by atoms with Gasteiger partial charge in [-0.2, -0.15) is 4.98 Å². The molecule has 27 heavy (non-hydrogen) atoms. The second-order valence-corrected chi connectivity index (χ2v) is 6.78. The number of pyridine rings is 1. The maximum absolute atomic E-state index is 5.64. The minimum Gasteiger partial charge on any atom is -0.411 e. The first-order chi connectivity index (χ1) is 13.2. The molecular formula is C18H16N6O2S. The van der Waals surface area contributed by atoms with Crippen LogP contribution in [0.1, 0.15) is 5.89 Å². The lowest BCUT2D eigenvalue weighted by Crippen LogP contribution is -2.07. The van der Waals surface area contributed by atoms with Crippen molar-refractivity contribution in [3.63, 3.8) is 0 Å². The molecule has 136 valence electrons. The fourth-order valence-corrected chi connectivity index (χ4v) is 2.94. The van der Waals surface area contributed by atoms with Crippen molar-refractivity contribution < 1.29 is 8.94 Å². The highest BCUT2D eigenvalue weighted by atomic mass is 32.2. The van der Waals surface area contributed by atoms with Crippen LogP contribution in [0, 0.1) is 0 Å². The number of aromatic nitrogens is 5. The molecule has 1 aromatic carbocycles. The number of hydrogen-bond acceptors (Lipinski definition) is 9. The minimum absolute atomic E-state index is 0.442. The van der Waals surface area contributed by atoms with Gasteiger partial charge in [0.15, 0.2) is 0 Å². The Labute approximate surface area is 159 Å². The van der Waals surface area contributed by atoms with Crippen LogP contribution < -0.4 is 4.90 Å². The minimum atomic E-state index is 0.442. The highest BCUT2D eigenvalue weighted by Crippen LogP contribution is 2.26. The predicted molar refractivity (Wildman–Crippen MR) is 101 cm³/mol. The fraction of sp³-hybridized carbons (Fsp3) is 0.167. The van der Waals surface area contributed by atoms with Gasteiger partial charge in [-0.1, -0.05) is 16.9 Å². The SMILES string of the molecule is CN(C)c1ccc(-c2noc(CSc3nnc(-c4ccncc4)o3)n2)cc1. The first-order valence-electron chi connectivity index (χ1n) is 8.16. The molecule has 0 aliphatic carbocycles. The van der Waals surface area contributed by atoms with Gasteiger partial charge in [-0.05, 0) is 36.4 Å². The van der Waals surface area contributed by atoms with E-state index in [4.69, 9.17) is 8.94 Å². The summed E-state index contributed by atoms with van der Waals surface area (Å²) < 4.78 is 11.0. The second kappa shape index (κ2) is 7.58. The van der Waals surface area contributed by atoms with E-state index in [1.807, 2.05) is 55.4 Å². The Balaban J connectivity index is 1.41. The number of benzene rings is 1. The van der Waals surface area contributed by atoms with Crippen LogP contribution in [0.3, 0.4) is 0 Å². The molecule has 0 aliphatic heterocycles. The molecule has 0 saturated carbocycles. The number of thioether (sulfide) groups is 1. The Bertz CT molecular complexity index is 1010. The molecule has 0 radical (unpaired) electrons. The molecule has 0 bridgehead atoms. The zero-order valence-electron chi connectivity index (χ0n) is 14.7. The van der Waals surface area contributed by atoms with E-state index in [0.717, 1.165) is 16.8 Å². The lowest BCUT2D eigenvalue weighted by molar-refractivity contribution is 0.391. The van der Waals surface area contributed by atoms with Crippen LogP contribution in [0.2, 0.25) is 0 Å². The summed E-state index contributed by atoms with van der Waals surface area (Å²) in [6.45, 7) is 0. The van der Waals surface area contributed by atoms with E-state index in [1.165, 1.54) is 11.8 Å². The number of rotatable bonds is 6. The van der Waals surface area contributed by atoms with Gasteiger partial charge in [0.25, 0.3) is 5.22 Å². The largest absolute Gasteiger partial charge is 0.411 e. The molecule has 0 saturated heterocycles. The van der Waals surface area contributed by atoms with Crippen molar-refractivity contribution in [3.05, 3.63) is 54.7 Å². The van der Waals surface area contributed by atoms with E-state index in [2.05, 4.69) is 25.3 Å². The van der Waals surface area contributed by atoms with Gasteiger partial charge in [-0.15, -0.1) is 10.2 Å². The smallest absolute Gasteiger partial charge is 0.277 e. The molecule has 8 nitrogen and oxygen atoms in total. The van der Waals surface area contributed by atoms with E-state index in [0.29, 0.717) is 28.6 Å². The summed E-state index contributed by atoms with van der Waals surface area (Å²) in [7, 11) is 3.99. The summed E-state index contributed by atoms with van der Waals surface area (Å²) in [6.07, 6.45) is 3.36. The van der Waals surface area contributed by atoms with Crippen LogP contribution in [0.4, 0.5) is 5.69 Å². The summed E-state index contributed by atoms with van der Waals surface area (Å²) in [4.78, 5) is 10.4. The summed E-state index contributed by atoms with van der Waals surface area (Å²) >= 11 is 1.35. The maximum atomic E-state index is 5.64. The molecule has 4 rings (SSSR count). The molecular weight excluding hydrogens is 364 g/mol. The molecule has 9 heteroatoms. The Kier molecular flexibility index (Phi) is 4.84. The zero-order chi connectivity index (χ0) is 18.6. The quantitative estimate of drug-likeness (QED) is 0.465. The first kappa shape index (κ1) is 17.2. The van der Waals surface area contributed by atoms with Gasteiger partial charge in [0.2, 0.25) is 17.6 Å². The summed E-state index contributed by atoms with van der Waals surface area (Å²) in [5.41, 5.74) is 2.84. The third-order valence-corrected chi connectivity index (χ3v) is 4.57. The van der Waals surface area contributed by atoms with E-state index >= 15 is 0 Å². The summed E-state index contributed by atoms with van der Waals surface area (Å²) in [5.74, 6) is 1.95. The third-order valence-electron chi connectivity index (χ3n) is 3.76. The van der Waals surface area contributed by atoms with Crippen LogP contribution >= 0.6 is 11.8 Å². The van der Waals surface area contributed by atoms with E-state index < -0.39 is 0 Å². The lowest BCUT2D eigenvalue weighted by atomic mass is 10.2. The van der Waals surface area contributed by atoms with Gasteiger partial charge in [-0.25, -0.2) is 0 Å². The molecule has 3 heterocycles. The van der Waals surface area contributed by atoms with Crippen LogP contribution in [0.15, 0.2) is 63.0 Å². The fourth-order valence-electron chi connectivity index (χ4n) is 2.34. The van der Waals surface area contributed by atoms with Gasteiger partial charge in [0.05, 0.1) is 5.75 Å². The molecule has 0 aliphatic rings. The topological polar surface area (TPSA) is 94.0 Å². The molecule has 0 amide bonds. The average Bonchev–Trinajstić information content (AvgIpc) is 3.37. The maximum Gasteiger partial charge on any atom is 0.277 e. The Hall–Kier alpha value is -3.20. The highest BCUT2D eigenvalue weighted by Gasteiger charge is 2.13. The summed E-state index contributed by atoms with van der Waals surface area (Å²) in [5, 5.41) is 12.5. The van der Waals surface area contributed by atoms with Crippen LogP contribution in [-0.2, 0) is 5.75 Å². The molecule has 3 aromatic heterocycles. The van der Waals surface area contributed by atoms with Crippen molar-refractivity contribution in [2.45, 2.75) is 11.0 Å². The summed E-state index contributed by atoms with van der Waals surface area (Å²) in [6, 6.07) is 11.6. The van der Waals surface area contributed by atoms with Crippen molar-refractivity contribution in [1.29, 1.82) is 0 Å². The molecule has 0 N–H and O–H groups in total. The first-order valence-corrected chi connectivity index (χ1v) is 9.14. The lowest BCUT2D eigenvalue weighted by Gasteiger charge is -2.11. The Morgan fingerprint density at radius 3 is 2.48 bits per heavy atom. The van der Waals surface area contributed by atoms with Crippen molar-refractivity contribution in [2.75, 3.05) is 19.0 Å². The van der Waals surface area contributed by atoms with Crippen LogP contribution in [0.25, 0.3) is 22.8 Å². The number of anilines is 1. The van der Waals surface area contributed by atoms with Gasteiger partial charge in [-0.3, -0.25) is 4.98 Å². The van der Waals surface area contributed by atoms with Gasteiger partial charge < -0.3 is 13.8 Å². The van der Waals surface area contributed by atoms with Crippen molar-refractivity contribution >= 4 is 17.4 Å². The molecule has 0 fully saturated rings. The standard InChI is InChI=1S/C18H16N6O2S/c1-24(2)14-5-3-12(4-6-14)16-20-15(26-23-16)11-27-18-22-21-17(25-18)13-7-9-19-10-8-13/h3-10H,11H2,1-2H3. The monoisotopic (exact) mass is 380 g/mol. The normalized spacial score (nSPS) is 10.9. The van der Waals surface area contributed by atoms with Crippen LogP contribution in [-0.4, -0.2) is 39.4 Å². The highest BCUT2D eigenvalue weighted by molar-refractivity contribution is 7.98. The van der Waals surface area contributed by atoms with Gasteiger partial charge in [0.1, 0.15) is 0 Å². The third kappa shape index (κ3) is 3.98. The van der Waals surface area contributed by atoms with Gasteiger partial charge in [0, 0.05) is 43.3 Å². The van der Waals surface area contributed by atoms with E-state index in [9.17, 15) is 0 Å². The zero-order valence-corrected chi connectivity index (χ0v) is 15.6.